The van der Waals surface area contributed by atoms with Crippen molar-refractivity contribution in [3.8, 4) is 0 Å². The summed E-state index contributed by atoms with van der Waals surface area (Å²) in [4.78, 5) is 56.4. The van der Waals surface area contributed by atoms with Crippen molar-refractivity contribution in [2.24, 2.45) is 11.8 Å². The van der Waals surface area contributed by atoms with Crippen molar-refractivity contribution < 1.29 is 23.9 Å². The molecule has 3 aromatic rings. The van der Waals surface area contributed by atoms with Gasteiger partial charge in [0.2, 0.25) is 29.0 Å². The molecule has 2 aliphatic heterocycles. The molecule has 2 saturated heterocycles. The molecule has 0 bridgehead atoms. The Bertz CT molecular complexity index is 1390. The molecule has 0 radical (unpaired) electrons. The number of halogens is 1. The second kappa shape index (κ2) is 7.29. The van der Waals surface area contributed by atoms with Crippen LogP contribution in [0.4, 0.5) is 5.69 Å². The summed E-state index contributed by atoms with van der Waals surface area (Å²) in [6.07, 6.45) is -0.919. The van der Waals surface area contributed by atoms with Crippen LogP contribution >= 0.6 is 15.9 Å². The van der Waals surface area contributed by atoms with Crippen molar-refractivity contribution in [2.75, 3.05) is 4.90 Å². The van der Waals surface area contributed by atoms with Crippen molar-refractivity contribution in [3.63, 3.8) is 0 Å². The van der Waals surface area contributed by atoms with Gasteiger partial charge in [0.1, 0.15) is 0 Å². The van der Waals surface area contributed by atoms with Crippen molar-refractivity contribution >= 4 is 45.0 Å². The highest BCUT2D eigenvalue weighted by molar-refractivity contribution is 9.10. The van der Waals surface area contributed by atoms with Gasteiger partial charge in [-0.1, -0.05) is 60.7 Å². The Morgan fingerprint density at radius 2 is 1.38 bits per heavy atom. The maximum Gasteiger partial charge on any atom is 0.241 e. The highest BCUT2D eigenvalue weighted by atomic mass is 79.9. The minimum absolute atomic E-state index is 0.219. The minimum atomic E-state index is -2.07. The molecular weight excluding hydrogens is 498 g/mol. The van der Waals surface area contributed by atoms with Gasteiger partial charge in [0.05, 0.1) is 23.6 Å². The van der Waals surface area contributed by atoms with E-state index < -0.39 is 46.9 Å². The van der Waals surface area contributed by atoms with E-state index in [1.54, 1.807) is 48.5 Å². The van der Waals surface area contributed by atoms with Gasteiger partial charge in [0.25, 0.3) is 0 Å². The molecular formula is C27H18BrNO5. The van der Waals surface area contributed by atoms with Crippen LogP contribution in [0, 0.1) is 18.8 Å². The molecule has 6 rings (SSSR count). The third-order valence-electron chi connectivity index (χ3n) is 7.11. The molecule has 1 aliphatic carbocycles. The highest BCUT2D eigenvalue weighted by Gasteiger charge is 2.74. The quantitative estimate of drug-likeness (QED) is 0.372. The van der Waals surface area contributed by atoms with Crippen LogP contribution in [0.25, 0.3) is 0 Å². The maximum absolute atomic E-state index is 13.9. The van der Waals surface area contributed by atoms with Gasteiger partial charge in [-0.3, -0.25) is 19.2 Å². The van der Waals surface area contributed by atoms with Crippen LogP contribution in [0.15, 0.2) is 77.3 Å². The monoisotopic (exact) mass is 515 g/mol. The second-order valence-electron chi connectivity index (χ2n) is 8.80. The lowest BCUT2D eigenvalue weighted by Crippen LogP contribution is -2.51. The first-order valence-electron chi connectivity index (χ1n) is 10.9. The number of ketones is 2. The Labute approximate surface area is 203 Å². The van der Waals surface area contributed by atoms with E-state index in [9.17, 15) is 19.2 Å². The number of carbonyl (C=O) groups is 4. The molecule has 0 unspecified atom stereocenters. The van der Waals surface area contributed by atoms with Gasteiger partial charge >= 0.3 is 0 Å². The number of Topliss-reactive ketones (excluding diaryl/α,β-unsaturated/α-hetero) is 2. The molecule has 6 nitrogen and oxygen atoms in total. The Balaban J connectivity index is 1.58. The molecule has 2 heterocycles. The molecule has 0 N–H and O–H groups in total. The number of anilines is 1. The van der Waals surface area contributed by atoms with E-state index in [-0.39, 0.29) is 11.1 Å². The number of nitrogens with zero attached hydrogens (tertiary/aromatic N) is 1. The molecule has 0 saturated carbocycles. The number of ether oxygens (including phenoxy) is 1. The van der Waals surface area contributed by atoms with Crippen molar-refractivity contribution in [1.29, 1.82) is 0 Å². The van der Waals surface area contributed by atoms with Crippen LogP contribution in [0.3, 0.4) is 0 Å². The van der Waals surface area contributed by atoms with E-state index >= 15 is 0 Å². The van der Waals surface area contributed by atoms with Crippen molar-refractivity contribution in [2.45, 2.75) is 18.6 Å². The number of amides is 2. The van der Waals surface area contributed by atoms with Gasteiger partial charge in [-0.15, -0.1) is 0 Å². The fraction of sp³-hybridized carbons (Fsp3) is 0.185. The first kappa shape index (κ1) is 21.1. The summed E-state index contributed by atoms with van der Waals surface area (Å²) in [5, 5.41) is 0. The fourth-order valence-electron chi connectivity index (χ4n) is 5.58. The molecule has 3 aromatic carbocycles. The highest BCUT2D eigenvalue weighted by Crippen LogP contribution is 2.58. The number of hydrogen-bond donors (Lipinski definition) is 0. The van der Waals surface area contributed by atoms with Gasteiger partial charge in [0, 0.05) is 15.6 Å². The normalized spacial score (nSPS) is 24.8. The number of para-hydroxylation sites is 1. The average Bonchev–Trinajstić information content (AvgIpc) is 3.40. The molecule has 0 aromatic heterocycles. The molecule has 2 amide bonds. The largest absolute Gasteiger partial charge is 0.349 e. The number of benzene rings is 3. The van der Waals surface area contributed by atoms with Gasteiger partial charge in [0.15, 0.2) is 0 Å². The van der Waals surface area contributed by atoms with Crippen LogP contribution in [-0.4, -0.2) is 29.0 Å². The topological polar surface area (TPSA) is 80.8 Å². The first-order valence-corrected chi connectivity index (χ1v) is 11.7. The summed E-state index contributed by atoms with van der Waals surface area (Å²) >= 11 is 3.42. The molecule has 1 spiro atoms. The molecule has 34 heavy (non-hydrogen) atoms. The third-order valence-corrected chi connectivity index (χ3v) is 7.78. The zero-order chi connectivity index (χ0) is 23.8. The summed E-state index contributed by atoms with van der Waals surface area (Å²) in [6, 6.07) is 20.7. The van der Waals surface area contributed by atoms with Gasteiger partial charge in [-0.2, -0.15) is 0 Å². The summed E-state index contributed by atoms with van der Waals surface area (Å²) in [5.41, 5.74) is 0.275. The number of imide groups is 1. The zero-order valence-electron chi connectivity index (χ0n) is 18.0. The van der Waals surface area contributed by atoms with Gasteiger partial charge < -0.3 is 4.74 Å². The Morgan fingerprint density at radius 3 is 2.03 bits per heavy atom. The van der Waals surface area contributed by atoms with E-state index in [0.717, 1.165) is 10.5 Å². The van der Waals surface area contributed by atoms with Gasteiger partial charge in [-0.05, 0) is 46.1 Å². The third kappa shape index (κ3) is 2.54. The lowest BCUT2D eigenvalue weighted by molar-refractivity contribution is -0.127. The predicted molar refractivity (Wildman–Crippen MR) is 126 cm³/mol. The predicted octanol–water partition coefficient (Wildman–Crippen LogP) is 4.45. The Hall–Kier alpha value is -3.42. The lowest BCUT2D eigenvalue weighted by atomic mass is 9.77. The van der Waals surface area contributed by atoms with Crippen LogP contribution in [-0.2, 0) is 14.3 Å². The zero-order valence-corrected chi connectivity index (χ0v) is 19.6. The summed E-state index contributed by atoms with van der Waals surface area (Å²) < 4.78 is 6.89. The van der Waals surface area contributed by atoms with Crippen LogP contribution < -0.4 is 4.90 Å². The number of aryl methyl sites for hydroxylation is 1. The van der Waals surface area contributed by atoms with Crippen LogP contribution in [0.1, 0.15) is 37.9 Å². The second-order valence-corrected chi connectivity index (χ2v) is 9.66. The fourth-order valence-corrected chi connectivity index (χ4v) is 6.04. The number of hydrogen-bond acceptors (Lipinski definition) is 5. The number of carbonyl (C=O) groups excluding carboxylic acids is 4. The SMILES string of the molecule is Cc1ccccc1[C@@H]1OC2(C(=O)c3ccccc3C2=O)[C@@H]2C(=O)N(c3ccccc3Br)C(=O)[C@H]21. The van der Waals surface area contributed by atoms with Gasteiger partial charge in [-0.25, -0.2) is 4.90 Å². The summed E-state index contributed by atoms with van der Waals surface area (Å²) in [5.74, 6) is -4.48. The molecule has 7 heteroatoms. The number of rotatable bonds is 2. The molecule has 2 fully saturated rings. The molecule has 3 atom stereocenters. The summed E-state index contributed by atoms with van der Waals surface area (Å²) in [6.45, 7) is 1.87. The molecule has 168 valence electrons. The lowest BCUT2D eigenvalue weighted by Gasteiger charge is -2.28. The van der Waals surface area contributed by atoms with Crippen LogP contribution in [0.5, 0.6) is 0 Å². The standard InChI is InChI=1S/C27H18BrNO5/c1-14-8-2-3-9-15(14)22-20-21(26(33)29(25(20)32)19-13-7-6-12-18(19)28)27(34-22)23(30)16-10-4-5-11-17(16)24(27)31/h2-13,20-22H,1H3/t20-,21+,22+/m1/s1. The number of fused-ring (bicyclic) bond motifs is 3. The average molecular weight is 516 g/mol. The van der Waals surface area contributed by atoms with E-state index in [4.69, 9.17) is 4.74 Å². The minimum Gasteiger partial charge on any atom is -0.349 e. The van der Waals surface area contributed by atoms with Crippen LogP contribution in [0.2, 0.25) is 0 Å². The van der Waals surface area contributed by atoms with E-state index in [1.807, 2.05) is 31.2 Å². The van der Waals surface area contributed by atoms with Crippen molar-refractivity contribution in [1.82, 2.24) is 0 Å². The Kier molecular flexibility index (Phi) is 4.53. The molecule has 3 aliphatic rings. The van der Waals surface area contributed by atoms with Crippen molar-refractivity contribution in [3.05, 3.63) is 99.5 Å². The van der Waals surface area contributed by atoms with E-state index in [1.165, 1.54) is 0 Å². The summed E-state index contributed by atoms with van der Waals surface area (Å²) in [7, 11) is 0. The smallest absolute Gasteiger partial charge is 0.241 e. The first-order chi connectivity index (χ1) is 16.4. The maximum atomic E-state index is 13.9. The van der Waals surface area contributed by atoms with E-state index in [2.05, 4.69) is 15.9 Å². The Morgan fingerprint density at radius 1 is 0.794 bits per heavy atom. The van der Waals surface area contributed by atoms with E-state index in [0.29, 0.717) is 15.7 Å².